The molecule has 2 fully saturated rings. The predicted molar refractivity (Wildman–Crippen MR) is 231 cm³/mol. The number of carbonyl (C=O) groups excluding carboxylic acids is 1. The van der Waals surface area contributed by atoms with Gasteiger partial charge in [0.25, 0.3) is 5.69 Å². The van der Waals surface area contributed by atoms with Crippen LogP contribution in [-0.4, -0.2) is 132 Å². The van der Waals surface area contributed by atoms with Crippen LogP contribution < -0.4 is 14.2 Å². The van der Waals surface area contributed by atoms with Gasteiger partial charge in [0.1, 0.15) is 35.5 Å². The smallest absolute Gasteiger partial charge is 0.415 e. The fourth-order valence-corrected chi connectivity index (χ4v) is 9.02. The zero-order valence-corrected chi connectivity index (χ0v) is 36.3. The van der Waals surface area contributed by atoms with E-state index in [0.717, 1.165) is 56.5 Å². The van der Waals surface area contributed by atoms with Crippen molar-refractivity contribution >= 4 is 17.5 Å². The van der Waals surface area contributed by atoms with Crippen molar-refractivity contribution in [2.45, 2.75) is 89.1 Å². The van der Waals surface area contributed by atoms with Gasteiger partial charge in [-0.25, -0.2) is 4.79 Å². The zero-order chi connectivity index (χ0) is 44.3. The van der Waals surface area contributed by atoms with E-state index in [1.807, 2.05) is 32.9 Å². The Kier molecular flexibility index (Phi) is 16.4. The third-order valence-corrected chi connectivity index (χ3v) is 11.9. The summed E-state index contributed by atoms with van der Waals surface area (Å²) < 4.78 is 32.4. The lowest BCUT2D eigenvalue weighted by Crippen LogP contribution is -2.70. The third-order valence-electron chi connectivity index (χ3n) is 11.9. The van der Waals surface area contributed by atoms with Crippen LogP contribution in [0.25, 0.3) is 0 Å². The molecule has 340 valence electrons. The molecule has 2 aromatic carbocycles. The molecule has 2 aliphatic carbocycles. The monoisotopic (exact) mass is 864 g/mol. The summed E-state index contributed by atoms with van der Waals surface area (Å²) in [7, 11) is 0. The van der Waals surface area contributed by atoms with E-state index in [4.69, 9.17) is 33.7 Å². The number of nitro groups is 1. The first-order valence-electron chi connectivity index (χ1n) is 22.0. The summed E-state index contributed by atoms with van der Waals surface area (Å²) in [5.74, 6) is -0.962. The SMILES string of the molecule is C=CCOC12Oc3ccc(OCCN4CC4)cc3C3C(CCCCO)C(CCCCO)C=C(C(=NOC(C)(C)C)CC1N(CCOCCO)C(=O)Oc1ccc([N+](=O)[O-])cc1)C32. The number of unbranched alkanes of at least 4 members (excludes halogenated alkanes) is 2. The number of ether oxygens (including phenoxy) is 5. The number of nitrogens with zero attached hydrogens (tertiary/aromatic N) is 4. The Hall–Kier alpha value is -4.58. The first-order valence-corrected chi connectivity index (χ1v) is 22.0. The lowest BCUT2D eigenvalue weighted by molar-refractivity contribution is -0.384. The summed E-state index contributed by atoms with van der Waals surface area (Å²) in [4.78, 5) is 35.6. The van der Waals surface area contributed by atoms with Crippen molar-refractivity contribution in [3.63, 3.8) is 0 Å². The molecule has 3 N–H and O–H groups in total. The van der Waals surface area contributed by atoms with Crippen molar-refractivity contribution in [1.82, 2.24) is 9.80 Å². The maximum absolute atomic E-state index is 14.7. The first-order chi connectivity index (χ1) is 29.9. The number of hydrogen-bond acceptors (Lipinski definition) is 14. The number of aliphatic hydroxyl groups excluding tert-OH is 3. The molecule has 2 heterocycles. The summed E-state index contributed by atoms with van der Waals surface area (Å²) in [5.41, 5.74) is 1.61. The van der Waals surface area contributed by atoms with Gasteiger partial charge in [-0.05, 0) is 94.2 Å². The highest BCUT2D eigenvalue weighted by Gasteiger charge is 2.65. The number of benzene rings is 2. The standard InChI is InChI=1S/C46H64N4O12/c1-5-25-59-46-41(49(21-26-57-28-24-53)44(54)60-34-14-12-33(13-15-34)50(55)56)31-39(47-62-45(2,3)4)37-29-32(10-6-8-22-51)36(11-7-9-23-52)42(43(37)46)38-30-35(16-17-40(38)61-46)58-27-20-48-18-19-48/h5,12-17,29-30,32,36,41-43,51-53H,1,6-11,18-28,31H2,2-4H3. The quantitative estimate of drug-likeness (QED) is 0.0354. The summed E-state index contributed by atoms with van der Waals surface area (Å²) in [6, 6.07) is 10.2. The number of carbonyl (C=O) groups is 1. The average molecular weight is 865 g/mol. The number of hydrogen-bond donors (Lipinski definition) is 3. The highest BCUT2D eigenvalue weighted by atomic mass is 16.7. The van der Waals surface area contributed by atoms with Gasteiger partial charge in [-0.1, -0.05) is 30.1 Å². The molecule has 6 unspecified atom stereocenters. The number of rotatable bonds is 24. The summed E-state index contributed by atoms with van der Waals surface area (Å²) in [6.07, 6.45) is 7.66. The van der Waals surface area contributed by atoms with E-state index in [1.54, 1.807) is 6.08 Å². The Morgan fingerprint density at radius 3 is 2.40 bits per heavy atom. The lowest BCUT2D eigenvalue weighted by atomic mass is 9.55. The molecule has 16 heteroatoms. The second-order valence-corrected chi connectivity index (χ2v) is 17.3. The lowest BCUT2D eigenvalue weighted by Gasteiger charge is -2.59. The number of aliphatic hydroxyl groups is 3. The summed E-state index contributed by atoms with van der Waals surface area (Å²) in [5, 5.41) is 45.7. The van der Waals surface area contributed by atoms with Crippen molar-refractivity contribution in [2.75, 3.05) is 72.4 Å². The molecule has 1 amide bonds. The van der Waals surface area contributed by atoms with E-state index >= 15 is 0 Å². The van der Waals surface area contributed by atoms with Crippen molar-refractivity contribution in [1.29, 1.82) is 0 Å². The van der Waals surface area contributed by atoms with Crippen LogP contribution in [0.2, 0.25) is 0 Å². The molecule has 2 aliphatic heterocycles. The van der Waals surface area contributed by atoms with Crippen molar-refractivity contribution in [3.8, 4) is 17.2 Å². The Balaban J connectivity index is 1.55. The van der Waals surface area contributed by atoms with Gasteiger partial charge in [0.05, 0.1) is 43.0 Å². The van der Waals surface area contributed by atoms with Gasteiger partial charge in [-0.3, -0.25) is 19.9 Å². The topological polar surface area (TPSA) is 195 Å². The second-order valence-electron chi connectivity index (χ2n) is 17.3. The van der Waals surface area contributed by atoms with E-state index < -0.39 is 34.4 Å². The zero-order valence-electron chi connectivity index (χ0n) is 36.3. The van der Waals surface area contributed by atoms with Gasteiger partial charge in [-0.15, -0.1) is 6.58 Å². The number of nitro benzene ring substituents is 1. The fraction of sp³-hybridized carbons (Fsp3) is 0.609. The van der Waals surface area contributed by atoms with Gasteiger partial charge in [0.2, 0.25) is 5.79 Å². The van der Waals surface area contributed by atoms with Crippen molar-refractivity contribution in [3.05, 3.63) is 82.4 Å². The van der Waals surface area contributed by atoms with Crippen molar-refractivity contribution in [2.24, 2.45) is 22.9 Å². The normalized spacial score (nSPS) is 24.6. The molecular weight excluding hydrogens is 801 g/mol. The maximum Gasteiger partial charge on any atom is 0.415 e. The fourth-order valence-electron chi connectivity index (χ4n) is 9.02. The number of allylic oxidation sites excluding steroid dienone is 1. The Morgan fingerprint density at radius 1 is 1.02 bits per heavy atom. The van der Waals surface area contributed by atoms with Crippen LogP contribution in [0.1, 0.15) is 77.2 Å². The molecule has 0 aromatic heterocycles. The largest absolute Gasteiger partial charge is 0.492 e. The highest BCUT2D eigenvalue weighted by molar-refractivity contribution is 6.03. The van der Waals surface area contributed by atoms with Gasteiger partial charge in [-0.2, -0.15) is 0 Å². The number of non-ortho nitro benzene ring substituents is 1. The number of oxime groups is 1. The molecule has 0 bridgehead atoms. The molecule has 1 saturated heterocycles. The Bertz CT molecular complexity index is 1880. The molecule has 2 aromatic rings. The van der Waals surface area contributed by atoms with Gasteiger partial charge in [0, 0.05) is 69.4 Å². The van der Waals surface area contributed by atoms with E-state index in [-0.39, 0.29) is 81.8 Å². The van der Waals surface area contributed by atoms with Gasteiger partial charge < -0.3 is 43.8 Å². The van der Waals surface area contributed by atoms with Gasteiger partial charge >= 0.3 is 6.09 Å². The maximum atomic E-state index is 14.7. The van der Waals surface area contributed by atoms with Gasteiger partial charge in [0.15, 0.2) is 0 Å². The van der Waals surface area contributed by atoms with Crippen LogP contribution in [0.5, 0.6) is 17.2 Å². The molecule has 4 aliphatic rings. The Morgan fingerprint density at radius 2 is 1.74 bits per heavy atom. The van der Waals surface area contributed by atoms with E-state index in [9.17, 15) is 30.2 Å². The van der Waals surface area contributed by atoms with E-state index in [1.165, 1.54) is 29.2 Å². The van der Waals surface area contributed by atoms with Crippen molar-refractivity contribution < 1.29 is 53.6 Å². The highest BCUT2D eigenvalue weighted by Crippen LogP contribution is 2.62. The van der Waals surface area contributed by atoms with Crippen LogP contribution in [0.3, 0.4) is 0 Å². The molecule has 1 saturated carbocycles. The molecule has 16 nitrogen and oxygen atoms in total. The Labute approximate surface area is 364 Å². The average Bonchev–Trinajstić information content (AvgIpc) is 4.08. The minimum absolute atomic E-state index is 0.00751. The third kappa shape index (κ3) is 11.5. The molecule has 6 atom stereocenters. The summed E-state index contributed by atoms with van der Waals surface area (Å²) >= 11 is 0. The molecular formula is C46H64N4O12. The van der Waals surface area contributed by atoms with Crippen LogP contribution in [0, 0.1) is 27.9 Å². The minimum atomic E-state index is -1.56. The van der Waals surface area contributed by atoms with Crippen LogP contribution in [-0.2, 0) is 14.3 Å². The van der Waals surface area contributed by atoms with E-state index in [0.29, 0.717) is 36.7 Å². The second kappa shape index (κ2) is 21.7. The number of fused-ring (bicyclic) bond motifs is 2. The predicted octanol–water partition coefficient (Wildman–Crippen LogP) is 6.23. The summed E-state index contributed by atoms with van der Waals surface area (Å²) in [6.45, 7) is 13.3. The molecule has 62 heavy (non-hydrogen) atoms. The minimum Gasteiger partial charge on any atom is -0.492 e. The molecule has 6 rings (SSSR count). The van der Waals surface area contributed by atoms with Crippen LogP contribution >= 0.6 is 0 Å². The first kappa shape index (κ1) is 46.9. The number of amides is 1. The van der Waals surface area contributed by atoms with E-state index in [2.05, 4.69) is 23.6 Å². The molecule has 0 spiro atoms. The van der Waals surface area contributed by atoms with Crippen LogP contribution in [0.4, 0.5) is 10.5 Å². The van der Waals surface area contributed by atoms with Crippen LogP contribution in [0.15, 0.2) is 71.9 Å². The molecule has 0 radical (unpaired) electrons.